The van der Waals surface area contributed by atoms with E-state index >= 15 is 0 Å². The van der Waals surface area contributed by atoms with Crippen molar-refractivity contribution in [3.05, 3.63) is 42.0 Å². The van der Waals surface area contributed by atoms with Crippen LogP contribution in [-0.2, 0) is 6.54 Å². The fraction of sp³-hybridized carbons (Fsp3) is 0.444. The fourth-order valence-electron chi connectivity index (χ4n) is 2.61. The Labute approximate surface area is 126 Å². The first kappa shape index (κ1) is 15.8. The van der Waals surface area contributed by atoms with Crippen LogP contribution in [0.4, 0.5) is 0 Å². The minimum atomic E-state index is -0.627. The van der Waals surface area contributed by atoms with E-state index in [0.717, 1.165) is 24.2 Å². The van der Waals surface area contributed by atoms with Gasteiger partial charge in [0.05, 0.1) is 12.7 Å². The van der Waals surface area contributed by atoms with Crippen LogP contribution >= 0.6 is 0 Å². The van der Waals surface area contributed by atoms with Crippen LogP contribution in [0.5, 0.6) is 5.75 Å². The summed E-state index contributed by atoms with van der Waals surface area (Å²) in [7, 11) is 1.70. The van der Waals surface area contributed by atoms with E-state index in [4.69, 9.17) is 4.74 Å². The first-order valence-corrected chi connectivity index (χ1v) is 7.61. The molecule has 3 heteroatoms. The molecule has 3 nitrogen and oxygen atoms in total. The van der Waals surface area contributed by atoms with E-state index in [1.807, 2.05) is 32.0 Å². The molecule has 0 aliphatic carbocycles. The molecular weight excluding hydrogens is 262 g/mol. The molecule has 0 aromatic heterocycles. The van der Waals surface area contributed by atoms with Crippen LogP contribution in [0.25, 0.3) is 10.8 Å². The predicted molar refractivity (Wildman–Crippen MR) is 87.7 cm³/mol. The molecule has 0 atom stereocenters. The maximum Gasteiger partial charge on any atom is 0.123 e. The Kier molecular flexibility index (Phi) is 5.21. The largest absolute Gasteiger partial charge is 0.496 e. The molecule has 0 bridgehead atoms. The summed E-state index contributed by atoms with van der Waals surface area (Å²) in [6.07, 6.45) is 1.51. The van der Waals surface area contributed by atoms with Crippen molar-refractivity contribution in [3.8, 4) is 5.75 Å². The van der Waals surface area contributed by atoms with E-state index in [2.05, 4.69) is 23.5 Å². The van der Waals surface area contributed by atoms with Gasteiger partial charge in [-0.25, -0.2) is 0 Å². The number of methoxy groups -OCH3 is 1. The minimum Gasteiger partial charge on any atom is -0.496 e. The lowest BCUT2D eigenvalue weighted by molar-refractivity contribution is 0.0323. The van der Waals surface area contributed by atoms with Gasteiger partial charge in [0.25, 0.3) is 0 Å². The third-order valence-electron chi connectivity index (χ3n) is 4.29. The van der Waals surface area contributed by atoms with Gasteiger partial charge in [0, 0.05) is 18.7 Å². The van der Waals surface area contributed by atoms with Gasteiger partial charge >= 0.3 is 0 Å². The van der Waals surface area contributed by atoms with Crippen molar-refractivity contribution in [2.24, 2.45) is 0 Å². The summed E-state index contributed by atoms with van der Waals surface area (Å²) in [5.41, 5.74) is 0.516. The monoisotopic (exact) mass is 287 g/mol. The molecule has 0 aliphatic rings. The highest BCUT2D eigenvalue weighted by Crippen LogP contribution is 2.28. The molecule has 114 valence electrons. The van der Waals surface area contributed by atoms with Crippen LogP contribution in [0.1, 0.15) is 32.3 Å². The summed E-state index contributed by atoms with van der Waals surface area (Å²) in [5, 5.41) is 16.1. The smallest absolute Gasteiger partial charge is 0.123 e. The Hall–Kier alpha value is -1.58. The van der Waals surface area contributed by atoms with E-state index in [9.17, 15) is 5.11 Å². The summed E-state index contributed by atoms with van der Waals surface area (Å²) in [4.78, 5) is 0. The Balaban J connectivity index is 2.21. The average Bonchev–Trinajstić information content (AvgIpc) is 2.54. The molecule has 2 aromatic carbocycles. The molecule has 0 amide bonds. The third-order valence-corrected chi connectivity index (χ3v) is 4.29. The number of hydrogen-bond acceptors (Lipinski definition) is 3. The van der Waals surface area contributed by atoms with E-state index in [1.165, 1.54) is 10.8 Å². The number of fused-ring (bicyclic) bond motifs is 1. The van der Waals surface area contributed by atoms with E-state index in [1.54, 1.807) is 7.11 Å². The summed E-state index contributed by atoms with van der Waals surface area (Å²) >= 11 is 0. The van der Waals surface area contributed by atoms with Crippen molar-refractivity contribution in [2.45, 2.75) is 38.8 Å². The van der Waals surface area contributed by atoms with Gasteiger partial charge < -0.3 is 15.2 Å². The van der Waals surface area contributed by atoms with Gasteiger partial charge in [0.15, 0.2) is 0 Å². The Morgan fingerprint density at radius 3 is 2.48 bits per heavy atom. The summed E-state index contributed by atoms with van der Waals surface area (Å²) in [6.45, 7) is 5.31. The van der Waals surface area contributed by atoms with Crippen molar-refractivity contribution in [3.63, 3.8) is 0 Å². The zero-order valence-corrected chi connectivity index (χ0v) is 13.1. The molecule has 0 spiro atoms. The quantitative estimate of drug-likeness (QED) is 0.819. The third kappa shape index (κ3) is 3.55. The Bertz CT molecular complexity index is 591. The molecule has 0 fully saturated rings. The van der Waals surface area contributed by atoms with Gasteiger partial charge in [-0.15, -0.1) is 0 Å². The lowest BCUT2D eigenvalue weighted by Crippen LogP contribution is -2.39. The maximum absolute atomic E-state index is 10.4. The highest BCUT2D eigenvalue weighted by Gasteiger charge is 2.21. The van der Waals surface area contributed by atoms with Crippen molar-refractivity contribution < 1.29 is 9.84 Å². The first-order valence-electron chi connectivity index (χ1n) is 7.61. The highest BCUT2D eigenvalue weighted by molar-refractivity contribution is 5.87. The van der Waals surface area contributed by atoms with Gasteiger partial charge in [-0.3, -0.25) is 0 Å². The van der Waals surface area contributed by atoms with Gasteiger partial charge in [0.2, 0.25) is 0 Å². The molecule has 0 heterocycles. The van der Waals surface area contributed by atoms with Crippen LogP contribution in [0, 0.1) is 0 Å². The Morgan fingerprint density at radius 2 is 1.81 bits per heavy atom. The van der Waals surface area contributed by atoms with Crippen LogP contribution < -0.4 is 10.1 Å². The van der Waals surface area contributed by atoms with Gasteiger partial charge in [-0.1, -0.05) is 44.2 Å². The topological polar surface area (TPSA) is 41.5 Å². The minimum absolute atomic E-state index is 0.590. The molecule has 0 unspecified atom stereocenters. The SMILES string of the molecule is CCC(O)(CC)CNCc1c(OC)ccc2ccccc12. The molecule has 0 saturated carbocycles. The highest BCUT2D eigenvalue weighted by atomic mass is 16.5. The first-order chi connectivity index (χ1) is 10.1. The fourth-order valence-corrected chi connectivity index (χ4v) is 2.61. The lowest BCUT2D eigenvalue weighted by atomic mass is 9.97. The summed E-state index contributed by atoms with van der Waals surface area (Å²) in [5.74, 6) is 0.887. The van der Waals surface area contributed by atoms with Crippen LogP contribution in [0.2, 0.25) is 0 Å². The molecule has 0 saturated heterocycles. The van der Waals surface area contributed by atoms with E-state index in [0.29, 0.717) is 13.1 Å². The summed E-state index contributed by atoms with van der Waals surface area (Å²) < 4.78 is 5.49. The number of hydrogen-bond donors (Lipinski definition) is 2. The van der Waals surface area contributed by atoms with Gasteiger partial charge in [0.1, 0.15) is 5.75 Å². The van der Waals surface area contributed by atoms with Crippen molar-refractivity contribution in [1.29, 1.82) is 0 Å². The van der Waals surface area contributed by atoms with Crippen LogP contribution in [-0.4, -0.2) is 24.4 Å². The molecule has 2 aromatic rings. The number of aliphatic hydroxyl groups is 1. The molecule has 0 radical (unpaired) electrons. The number of nitrogens with one attached hydrogen (secondary N) is 1. The van der Waals surface area contributed by atoms with Crippen molar-refractivity contribution in [2.75, 3.05) is 13.7 Å². The number of benzene rings is 2. The molecule has 0 aliphatic heterocycles. The normalized spacial score (nSPS) is 11.8. The average molecular weight is 287 g/mol. The zero-order valence-electron chi connectivity index (χ0n) is 13.1. The second-order valence-corrected chi connectivity index (χ2v) is 5.50. The Morgan fingerprint density at radius 1 is 1.10 bits per heavy atom. The van der Waals surface area contributed by atoms with Crippen molar-refractivity contribution in [1.82, 2.24) is 5.32 Å². The lowest BCUT2D eigenvalue weighted by Gasteiger charge is -2.26. The number of rotatable bonds is 7. The van der Waals surface area contributed by atoms with Crippen LogP contribution in [0.3, 0.4) is 0 Å². The molecule has 21 heavy (non-hydrogen) atoms. The molecule has 2 rings (SSSR count). The second kappa shape index (κ2) is 6.92. The second-order valence-electron chi connectivity index (χ2n) is 5.50. The standard InChI is InChI=1S/C18H25NO2/c1-4-18(20,5-2)13-19-12-16-15-9-7-6-8-14(15)10-11-17(16)21-3/h6-11,19-20H,4-5,12-13H2,1-3H3. The van der Waals surface area contributed by atoms with E-state index in [-0.39, 0.29) is 0 Å². The molecular formula is C18H25NO2. The van der Waals surface area contributed by atoms with Gasteiger partial charge in [-0.05, 0) is 29.7 Å². The zero-order chi connectivity index (χ0) is 15.3. The van der Waals surface area contributed by atoms with Crippen molar-refractivity contribution >= 4 is 10.8 Å². The predicted octanol–water partition coefficient (Wildman–Crippen LogP) is 3.49. The maximum atomic E-state index is 10.4. The number of ether oxygens (including phenoxy) is 1. The van der Waals surface area contributed by atoms with Crippen LogP contribution in [0.15, 0.2) is 36.4 Å². The summed E-state index contributed by atoms with van der Waals surface area (Å²) in [6, 6.07) is 12.4. The van der Waals surface area contributed by atoms with Gasteiger partial charge in [-0.2, -0.15) is 0 Å². The molecule has 2 N–H and O–H groups in total. The van der Waals surface area contributed by atoms with E-state index < -0.39 is 5.60 Å².